The van der Waals surface area contributed by atoms with Crippen LogP contribution in [0.1, 0.15) is 23.2 Å². The van der Waals surface area contributed by atoms with Gasteiger partial charge in [-0.1, -0.05) is 0 Å². The van der Waals surface area contributed by atoms with Gasteiger partial charge in [-0.25, -0.2) is 4.79 Å². The number of carboxylic acids is 1. The zero-order valence-electron chi connectivity index (χ0n) is 14.9. The van der Waals surface area contributed by atoms with Crippen LogP contribution in [0.4, 0.5) is 0 Å². The van der Waals surface area contributed by atoms with Crippen LogP contribution in [-0.4, -0.2) is 58.5 Å². The highest BCUT2D eigenvalue weighted by Crippen LogP contribution is 2.23. The Hall–Kier alpha value is -3.67. The van der Waals surface area contributed by atoms with Crippen molar-refractivity contribution in [3.63, 3.8) is 0 Å². The first-order valence-corrected chi connectivity index (χ1v) is 8.70. The van der Waals surface area contributed by atoms with Gasteiger partial charge in [-0.2, -0.15) is 5.26 Å². The molecule has 2 heterocycles. The average molecular weight is 382 g/mol. The van der Waals surface area contributed by atoms with Gasteiger partial charge in [0.25, 0.3) is 5.91 Å². The number of pyridine rings is 1. The number of benzene rings is 1. The molecule has 0 aliphatic carbocycles. The largest absolute Gasteiger partial charge is 0.482 e. The molecular formula is C19H18N4O5. The number of amides is 2. The number of fused-ring (bicyclic) bond motifs is 1. The Morgan fingerprint density at radius 1 is 1.36 bits per heavy atom. The van der Waals surface area contributed by atoms with E-state index in [4.69, 9.17) is 15.1 Å². The summed E-state index contributed by atoms with van der Waals surface area (Å²) in [4.78, 5) is 41.2. The second kappa shape index (κ2) is 8.35. The van der Waals surface area contributed by atoms with Gasteiger partial charge < -0.3 is 20.1 Å². The molecule has 2 amide bonds. The highest BCUT2D eigenvalue weighted by Gasteiger charge is 2.28. The molecule has 2 aromatic rings. The molecule has 1 aromatic heterocycles. The maximum Gasteiger partial charge on any atom is 0.341 e. The maximum atomic E-state index is 12.6. The zero-order valence-corrected chi connectivity index (χ0v) is 14.9. The lowest BCUT2D eigenvalue weighted by Gasteiger charge is -2.19. The van der Waals surface area contributed by atoms with Gasteiger partial charge in [0.2, 0.25) is 5.91 Å². The van der Waals surface area contributed by atoms with Crippen LogP contribution in [0.3, 0.4) is 0 Å². The molecule has 0 bridgehead atoms. The van der Waals surface area contributed by atoms with E-state index < -0.39 is 24.5 Å². The van der Waals surface area contributed by atoms with Gasteiger partial charge in [0.1, 0.15) is 11.8 Å². The monoisotopic (exact) mass is 382 g/mol. The van der Waals surface area contributed by atoms with E-state index in [2.05, 4.69) is 16.4 Å². The summed E-state index contributed by atoms with van der Waals surface area (Å²) in [5, 5.41) is 20.9. The number of nitrogens with zero attached hydrogens (tertiary/aromatic N) is 3. The van der Waals surface area contributed by atoms with Crippen molar-refractivity contribution in [2.24, 2.45) is 0 Å². The molecule has 1 atom stereocenters. The smallest absolute Gasteiger partial charge is 0.341 e. The molecular weight excluding hydrogens is 364 g/mol. The summed E-state index contributed by atoms with van der Waals surface area (Å²) < 4.78 is 5.15. The lowest BCUT2D eigenvalue weighted by atomic mass is 10.1. The SMILES string of the molecule is N#C[C@@H]1CCCN1C(=O)CNC(=O)c1ccnc2ccc(OCC(=O)O)cc12. The van der Waals surface area contributed by atoms with Crippen LogP contribution in [0, 0.1) is 11.3 Å². The number of carbonyl (C=O) groups is 3. The third-order valence-corrected chi connectivity index (χ3v) is 4.44. The molecule has 1 saturated heterocycles. The predicted molar refractivity (Wildman–Crippen MR) is 97.6 cm³/mol. The van der Waals surface area contributed by atoms with Gasteiger partial charge in [0.15, 0.2) is 6.61 Å². The number of hydrogen-bond acceptors (Lipinski definition) is 6. The molecule has 1 fully saturated rings. The molecule has 1 aliphatic heterocycles. The zero-order chi connectivity index (χ0) is 20.1. The quantitative estimate of drug-likeness (QED) is 0.760. The average Bonchev–Trinajstić information content (AvgIpc) is 3.18. The fraction of sp³-hybridized carbons (Fsp3) is 0.316. The normalized spacial score (nSPS) is 15.8. The van der Waals surface area contributed by atoms with Crippen LogP contribution in [0.2, 0.25) is 0 Å². The number of nitriles is 1. The highest BCUT2D eigenvalue weighted by atomic mass is 16.5. The number of nitrogens with one attached hydrogen (secondary N) is 1. The summed E-state index contributed by atoms with van der Waals surface area (Å²) in [5.74, 6) is -1.59. The Morgan fingerprint density at radius 2 is 2.18 bits per heavy atom. The first-order valence-electron chi connectivity index (χ1n) is 8.70. The maximum absolute atomic E-state index is 12.6. The van der Waals surface area contributed by atoms with Gasteiger partial charge in [-0.05, 0) is 37.1 Å². The van der Waals surface area contributed by atoms with E-state index in [9.17, 15) is 14.4 Å². The Labute approximate surface area is 160 Å². The van der Waals surface area contributed by atoms with Gasteiger partial charge in [0, 0.05) is 18.1 Å². The number of likely N-dealkylation sites (tertiary alicyclic amines) is 1. The van der Waals surface area contributed by atoms with Crippen LogP contribution >= 0.6 is 0 Å². The summed E-state index contributed by atoms with van der Waals surface area (Å²) >= 11 is 0. The van der Waals surface area contributed by atoms with Crippen LogP contribution in [0.25, 0.3) is 10.9 Å². The van der Waals surface area contributed by atoms with Gasteiger partial charge in [-0.3, -0.25) is 14.6 Å². The van der Waals surface area contributed by atoms with Crippen molar-refractivity contribution in [2.45, 2.75) is 18.9 Å². The topological polar surface area (TPSA) is 133 Å². The fourth-order valence-corrected chi connectivity index (χ4v) is 3.11. The summed E-state index contributed by atoms with van der Waals surface area (Å²) in [7, 11) is 0. The van der Waals surface area contributed by atoms with E-state index in [1.54, 1.807) is 12.1 Å². The minimum absolute atomic E-state index is 0.212. The molecule has 1 aromatic carbocycles. The van der Waals surface area contributed by atoms with Crippen LogP contribution in [-0.2, 0) is 9.59 Å². The van der Waals surface area contributed by atoms with E-state index in [-0.39, 0.29) is 18.0 Å². The Balaban J connectivity index is 1.73. The molecule has 9 heteroatoms. The third-order valence-electron chi connectivity index (χ3n) is 4.44. The fourth-order valence-electron chi connectivity index (χ4n) is 3.11. The highest BCUT2D eigenvalue weighted by molar-refractivity contribution is 6.07. The van der Waals surface area contributed by atoms with Crippen molar-refractivity contribution in [2.75, 3.05) is 19.7 Å². The second-order valence-electron chi connectivity index (χ2n) is 6.28. The number of aromatic nitrogens is 1. The van der Waals surface area contributed by atoms with Crippen molar-refractivity contribution >= 4 is 28.7 Å². The van der Waals surface area contributed by atoms with Gasteiger partial charge in [-0.15, -0.1) is 0 Å². The number of rotatable bonds is 6. The van der Waals surface area contributed by atoms with Gasteiger partial charge >= 0.3 is 5.97 Å². The Bertz CT molecular complexity index is 968. The molecule has 0 saturated carbocycles. The number of ether oxygens (including phenoxy) is 1. The third kappa shape index (κ3) is 4.17. The minimum atomic E-state index is -1.11. The van der Waals surface area contributed by atoms with Crippen molar-refractivity contribution < 1.29 is 24.2 Å². The molecule has 144 valence electrons. The van der Waals surface area contributed by atoms with E-state index in [1.807, 2.05) is 0 Å². The number of hydrogen-bond donors (Lipinski definition) is 2. The lowest BCUT2D eigenvalue weighted by molar-refractivity contribution is -0.139. The summed E-state index contributed by atoms with van der Waals surface area (Å²) in [5.41, 5.74) is 0.822. The predicted octanol–water partition coefficient (Wildman–Crippen LogP) is 0.943. The molecule has 1 aliphatic rings. The van der Waals surface area contributed by atoms with Gasteiger partial charge in [0.05, 0.1) is 23.7 Å². The van der Waals surface area contributed by atoms with Crippen molar-refractivity contribution in [3.05, 3.63) is 36.0 Å². The summed E-state index contributed by atoms with van der Waals surface area (Å²) in [6.07, 6.45) is 2.89. The molecule has 9 nitrogen and oxygen atoms in total. The number of aliphatic carboxylic acids is 1. The lowest BCUT2D eigenvalue weighted by Crippen LogP contribution is -2.42. The van der Waals surface area contributed by atoms with Crippen LogP contribution in [0.15, 0.2) is 30.5 Å². The van der Waals surface area contributed by atoms with E-state index in [1.165, 1.54) is 23.2 Å². The molecule has 0 unspecified atom stereocenters. The minimum Gasteiger partial charge on any atom is -0.482 e. The van der Waals surface area contributed by atoms with Crippen LogP contribution < -0.4 is 10.1 Å². The van der Waals surface area contributed by atoms with Crippen molar-refractivity contribution in [1.29, 1.82) is 5.26 Å². The van der Waals surface area contributed by atoms with E-state index in [0.29, 0.717) is 29.6 Å². The standard InChI is InChI=1S/C19H18N4O5/c20-9-12-2-1-7-23(12)17(24)10-22-19(27)14-5-6-21-16-4-3-13(8-15(14)16)28-11-18(25)26/h3-6,8,12H,1-2,7,10-11H2,(H,22,27)(H,25,26)/t12-/m0/s1. The van der Waals surface area contributed by atoms with E-state index >= 15 is 0 Å². The van der Waals surface area contributed by atoms with Crippen molar-refractivity contribution in [3.8, 4) is 11.8 Å². The number of carbonyl (C=O) groups excluding carboxylic acids is 2. The molecule has 0 spiro atoms. The second-order valence-corrected chi connectivity index (χ2v) is 6.28. The summed E-state index contributed by atoms with van der Waals surface area (Å²) in [6, 6.07) is 7.89. The Kier molecular flexibility index (Phi) is 5.69. The van der Waals surface area contributed by atoms with Crippen LogP contribution in [0.5, 0.6) is 5.75 Å². The number of carboxylic acid groups (broad SMARTS) is 1. The first-order chi connectivity index (χ1) is 13.5. The molecule has 2 N–H and O–H groups in total. The molecule has 0 radical (unpaired) electrons. The first kappa shape index (κ1) is 19.1. The Morgan fingerprint density at radius 3 is 2.93 bits per heavy atom. The summed E-state index contributed by atoms with van der Waals surface area (Å²) in [6.45, 7) is -0.205. The van der Waals surface area contributed by atoms with E-state index in [0.717, 1.165) is 6.42 Å². The van der Waals surface area contributed by atoms with Crippen molar-refractivity contribution in [1.82, 2.24) is 15.2 Å². The molecule has 3 rings (SSSR count). The molecule has 28 heavy (non-hydrogen) atoms.